The number of para-hydroxylation sites is 1. The van der Waals surface area contributed by atoms with E-state index in [-0.39, 0.29) is 6.42 Å². The topological polar surface area (TPSA) is 75.6 Å². The molecule has 1 atom stereocenters. The number of nitrogens with one attached hydrogen (secondary N) is 1. The number of ether oxygens (including phenoxy) is 1. The van der Waals surface area contributed by atoms with E-state index in [9.17, 15) is 27.9 Å². The van der Waals surface area contributed by atoms with Crippen LogP contribution in [0, 0.1) is 0 Å². The first-order valence-electron chi connectivity index (χ1n) is 7.56. The molecule has 0 spiro atoms. The summed E-state index contributed by atoms with van der Waals surface area (Å²) in [4.78, 5) is 23.7. The highest BCUT2D eigenvalue weighted by molar-refractivity contribution is 5.98. The number of hydrogen-bond donors (Lipinski definition) is 2. The van der Waals surface area contributed by atoms with E-state index in [0.717, 1.165) is 18.2 Å². The van der Waals surface area contributed by atoms with E-state index in [4.69, 9.17) is 4.74 Å². The molecular weight excluding hydrogens is 351 g/mol. The Labute approximate surface area is 147 Å². The lowest BCUT2D eigenvalue weighted by molar-refractivity contribution is -0.139. The van der Waals surface area contributed by atoms with Crippen LogP contribution in [0.2, 0.25) is 0 Å². The van der Waals surface area contributed by atoms with Gasteiger partial charge in [-0.05, 0) is 23.8 Å². The number of carbonyl (C=O) groups is 2. The molecule has 0 aliphatic rings. The molecule has 0 unspecified atom stereocenters. The molecule has 0 fully saturated rings. The van der Waals surface area contributed by atoms with Gasteiger partial charge in [0, 0.05) is 6.42 Å². The highest BCUT2D eigenvalue weighted by atomic mass is 19.4. The summed E-state index contributed by atoms with van der Waals surface area (Å²) in [6, 6.07) is 9.38. The smallest absolute Gasteiger partial charge is 0.417 e. The van der Waals surface area contributed by atoms with Gasteiger partial charge in [-0.25, -0.2) is 4.79 Å². The van der Waals surface area contributed by atoms with Crippen molar-refractivity contribution in [2.24, 2.45) is 0 Å². The van der Waals surface area contributed by atoms with Crippen molar-refractivity contribution >= 4 is 11.9 Å². The van der Waals surface area contributed by atoms with Gasteiger partial charge in [0.05, 0.1) is 18.2 Å². The van der Waals surface area contributed by atoms with Crippen molar-refractivity contribution in [3.63, 3.8) is 0 Å². The van der Waals surface area contributed by atoms with Crippen LogP contribution in [0.4, 0.5) is 13.2 Å². The zero-order valence-electron chi connectivity index (χ0n) is 13.7. The first-order valence-corrected chi connectivity index (χ1v) is 7.56. The molecule has 0 aliphatic heterocycles. The summed E-state index contributed by atoms with van der Waals surface area (Å²) in [5.41, 5.74) is -1.25. The van der Waals surface area contributed by atoms with E-state index >= 15 is 0 Å². The molecule has 26 heavy (non-hydrogen) atoms. The third kappa shape index (κ3) is 4.53. The summed E-state index contributed by atoms with van der Waals surface area (Å²) in [5.74, 6) is -2.06. The summed E-state index contributed by atoms with van der Waals surface area (Å²) in [6.07, 6.45) is -4.87. The third-order valence-electron chi connectivity index (χ3n) is 3.70. The van der Waals surface area contributed by atoms with Crippen molar-refractivity contribution in [2.45, 2.75) is 18.6 Å². The van der Waals surface area contributed by atoms with Gasteiger partial charge in [0.2, 0.25) is 0 Å². The predicted molar refractivity (Wildman–Crippen MR) is 87.0 cm³/mol. The number of carboxylic acid groups (broad SMARTS) is 1. The quantitative estimate of drug-likeness (QED) is 0.823. The van der Waals surface area contributed by atoms with Crippen LogP contribution in [-0.2, 0) is 17.4 Å². The maximum atomic E-state index is 13.0. The molecule has 5 nitrogen and oxygen atoms in total. The number of amides is 1. The number of benzene rings is 2. The van der Waals surface area contributed by atoms with Crippen LogP contribution in [0.25, 0.3) is 0 Å². The summed E-state index contributed by atoms with van der Waals surface area (Å²) in [6.45, 7) is 0. The number of halogens is 3. The van der Waals surface area contributed by atoms with E-state index in [1.54, 1.807) is 24.3 Å². The minimum absolute atomic E-state index is 0.140. The summed E-state index contributed by atoms with van der Waals surface area (Å²) in [7, 11) is 1.41. The maximum absolute atomic E-state index is 13.0. The fraction of sp³-hybridized carbons (Fsp3) is 0.222. The lowest BCUT2D eigenvalue weighted by Crippen LogP contribution is -2.43. The zero-order valence-corrected chi connectivity index (χ0v) is 13.7. The molecule has 1 amide bonds. The fourth-order valence-electron chi connectivity index (χ4n) is 2.46. The standard InChI is InChI=1S/C18H16F3NO4/c1-26-15-9-5-2-6-11(15)10-14(17(24)25)22-16(23)12-7-3-4-8-13(12)18(19,20)21/h2-9,14H,10H2,1H3,(H,22,23)(H,24,25)/t14-/m1/s1. The lowest BCUT2D eigenvalue weighted by atomic mass is 10.0. The number of alkyl halides is 3. The SMILES string of the molecule is COc1ccccc1C[C@@H](NC(=O)c1ccccc1C(F)(F)F)C(=O)O. The van der Waals surface area contributed by atoms with Crippen LogP contribution in [0.5, 0.6) is 5.75 Å². The minimum Gasteiger partial charge on any atom is -0.496 e. The van der Waals surface area contributed by atoms with Gasteiger partial charge in [-0.1, -0.05) is 30.3 Å². The molecule has 2 N–H and O–H groups in total. The predicted octanol–water partition coefficient (Wildman–Crippen LogP) is 3.14. The van der Waals surface area contributed by atoms with Gasteiger partial charge >= 0.3 is 12.1 Å². The average Bonchev–Trinajstić information content (AvgIpc) is 2.60. The van der Waals surface area contributed by atoms with Crippen LogP contribution in [0.15, 0.2) is 48.5 Å². The van der Waals surface area contributed by atoms with Crippen molar-refractivity contribution in [3.05, 3.63) is 65.2 Å². The zero-order chi connectivity index (χ0) is 19.3. The van der Waals surface area contributed by atoms with E-state index in [1.165, 1.54) is 13.2 Å². The third-order valence-corrected chi connectivity index (χ3v) is 3.70. The molecule has 2 rings (SSSR count). The van der Waals surface area contributed by atoms with Crippen molar-refractivity contribution < 1.29 is 32.6 Å². The molecule has 2 aromatic rings. The maximum Gasteiger partial charge on any atom is 0.417 e. The molecule has 8 heteroatoms. The molecule has 0 bridgehead atoms. The van der Waals surface area contributed by atoms with Crippen molar-refractivity contribution in [2.75, 3.05) is 7.11 Å². The van der Waals surface area contributed by atoms with Crippen LogP contribution in [-0.4, -0.2) is 30.1 Å². The molecule has 138 valence electrons. The number of aliphatic carboxylic acids is 1. The summed E-state index contributed by atoms with van der Waals surface area (Å²) >= 11 is 0. The highest BCUT2D eigenvalue weighted by Gasteiger charge is 2.35. The molecular formula is C18H16F3NO4. The fourth-order valence-corrected chi connectivity index (χ4v) is 2.46. The van der Waals surface area contributed by atoms with Crippen molar-refractivity contribution in [1.29, 1.82) is 0 Å². The van der Waals surface area contributed by atoms with E-state index < -0.39 is 35.2 Å². The van der Waals surface area contributed by atoms with E-state index in [0.29, 0.717) is 11.3 Å². The highest BCUT2D eigenvalue weighted by Crippen LogP contribution is 2.31. The number of carboxylic acids is 1. The lowest BCUT2D eigenvalue weighted by Gasteiger charge is -2.18. The first kappa shape index (κ1) is 19.3. The number of hydrogen-bond acceptors (Lipinski definition) is 3. The van der Waals surface area contributed by atoms with Gasteiger partial charge in [-0.15, -0.1) is 0 Å². The van der Waals surface area contributed by atoms with Crippen LogP contribution in [0.3, 0.4) is 0 Å². The van der Waals surface area contributed by atoms with Crippen LogP contribution < -0.4 is 10.1 Å². The van der Waals surface area contributed by atoms with Gasteiger partial charge in [0.25, 0.3) is 5.91 Å². The summed E-state index contributed by atoms with van der Waals surface area (Å²) < 4.78 is 44.2. The summed E-state index contributed by atoms with van der Waals surface area (Å²) in [5, 5.41) is 11.5. The Hall–Kier alpha value is -3.03. The van der Waals surface area contributed by atoms with Crippen molar-refractivity contribution in [3.8, 4) is 5.75 Å². The molecule has 0 radical (unpaired) electrons. The Bertz CT molecular complexity index is 805. The molecule has 0 aliphatic carbocycles. The Kier molecular flexibility index (Phi) is 5.86. The molecule has 2 aromatic carbocycles. The second-order valence-electron chi connectivity index (χ2n) is 5.42. The Morgan fingerprint density at radius 1 is 1.12 bits per heavy atom. The van der Waals surface area contributed by atoms with E-state index in [2.05, 4.69) is 5.32 Å². The van der Waals surface area contributed by atoms with E-state index in [1.807, 2.05) is 0 Å². The monoisotopic (exact) mass is 367 g/mol. The largest absolute Gasteiger partial charge is 0.496 e. The van der Waals surface area contributed by atoms with Gasteiger partial charge in [0.1, 0.15) is 11.8 Å². The van der Waals surface area contributed by atoms with Crippen LogP contribution >= 0.6 is 0 Å². The van der Waals surface area contributed by atoms with Gasteiger partial charge in [0.15, 0.2) is 0 Å². The first-order chi connectivity index (χ1) is 12.2. The van der Waals surface area contributed by atoms with Gasteiger partial charge < -0.3 is 15.2 Å². The molecule has 0 aromatic heterocycles. The average molecular weight is 367 g/mol. The normalized spacial score (nSPS) is 12.3. The van der Waals surface area contributed by atoms with Gasteiger partial charge in [-0.3, -0.25) is 4.79 Å². The Morgan fingerprint density at radius 2 is 1.73 bits per heavy atom. The van der Waals surface area contributed by atoms with Gasteiger partial charge in [-0.2, -0.15) is 13.2 Å². The number of rotatable bonds is 6. The molecule has 0 heterocycles. The second kappa shape index (κ2) is 7.90. The number of methoxy groups -OCH3 is 1. The number of carbonyl (C=O) groups excluding carboxylic acids is 1. The molecule has 0 saturated heterocycles. The molecule has 0 saturated carbocycles. The Balaban J connectivity index is 2.26. The Morgan fingerprint density at radius 3 is 2.35 bits per heavy atom. The second-order valence-corrected chi connectivity index (χ2v) is 5.42. The van der Waals surface area contributed by atoms with Crippen LogP contribution in [0.1, 0.15) is 21.5 Å². The van der Waals surface area contributed by atoms with Crippen molar-refractivity contribution in [1.82, 2.24) is 5.32 Å². The minimum atomic E-state index is -4.73.